The van der Waals surface area contributed by atoms with Crippen LogP contribution in [-0.4, -0.2) is 29.0 Å². The Morgan fingerprint density at radius 2 is 1.42 bits per heavy atom. The molecule has 0 spiro atoms. The second-order valence-corrected chi connectivity index (χ2v) is 8.40. The van der Waals surface area contributed by atoms with Gasteiger partial charge in [0.2, 0.25) is 5.91 Å². The lowest BCUT2D eigenvalue weighted by Gasteiger charge is -2.38. The van der Waals surface area contributed by atoms with Crippen molar-refractivity contribution >= 4 is 11.6 Å². The lowest BCUT2D eigenvalue weighted by molar-refractivity contribution is -0.122. The van der Waals surface area contributed by atoms with Crippen LogP contribution in [0.4, 0.5) is 5.69 Å². The van der Waals surface area contributed by atoms with Crippen molar-refractivity contribution in [2.24, 2.45) is 5.92 Å². The predicted octanol–water partition coefficient (Wildman–Crippen LogP) is 5.12. The maximum Gasteiger partial charge on any atom is 0.246 e. The molecule has 0 aliphatic carbocycles. The summed E-state index contributed by atoms with van der Waals surface area (Å²) in [5, 5.41) is 13.9. The fraction of sp³-hybridized carbons (Fsp3) is 0.296. The molecule has 2 N–H and O–H groups in total. The van der Waals surface area contributed by atoms with Crippen molar-refractivity contribution in [3.05, 3.63) is 102 Å². The van der Waals surface area contributed by atoms with Crippen LogP contribution in [0.25, 0.3) is 0 Å². The molecular weight excluding hydrogens is 384 g/mol. The van der Waals surface area contributed by atoms with Crippen LogP contribution >= 0.6 is 0 Å². The Morgan fingerprint density at radius 1 is 0.871 bits per heavy atom. The van der Waals surface area contributed by atoms with E-state index in [1.807, 2.05) is 91.9 Å². The minimum absolute atomic E-state index is 0.0166. The third-order valence-electron chi connectivity index (χ3n) is 6.21. The lowest BCUT2D eigenvalue weighted by atomic mass is 9.86. The molecule has 1 aliphatic heterocycles. The van der Waals surface area contributed by atoms with E-state index < -0.39 is 6.10 Å². The first kappa shape index (κ1) is 21.3. The highest BCUT2D eigenvalue weighted by atomic mass is 16.3. The van der Waals surface area contributed by atoms with Gasteiger partial charge in [-0.15, -0.1) is 0 Å². The summed E-state index contributed by atoms with van der Waals surface area (Å²) in [6, 6.07) is 27.4. The molecule has 3 aromatic carbocycles. The summed E-state index contributed by atoms with van der Waals surface area (Å²) in [6.45, 7) is 3.58. The number of carbonyl (C=O) groups excluding carboxylic acids is 1. The molecule has 3 aromatic rings. The SMILES string of the molecule is Cc1ccc(NC(=O)C(c2ccccc2)N2CCC(C(O)c3ccccc3)CC2)cc1. The molecule has 31 heavy (non-hydrogen) atoms. The van der Waals surface area contributed by atoms with Gasteiger partial charge in [0.05, 0.1) is 6.10 Å². The number of benzene rings is 3. The first-order chi connectivity index (χ1) is 15.1. The molecule has 4 heteroatoms. The molecule has 0 bridgehead atoms. The van der Waals surface area contributed by atoms with Crippen LogP contribution in [0.5, 0.6) is 0 Å². The fourth-order valence-corrected chi connectivity index (χ4v) is 4.43. The highest BCUT2D eigenvalue weighted by Crippen LogP contribution is 2.34. The number of hydrogen-bond acceptors (Lipinski definition) is 3. The topological polar surface area (TPSA) is 52.6 Å². The molecule has 1 saturated heterocycles. The summed E-state index contributed by atoms with van der Waals surface area (Å²) < 4.78 is 0. The van der Waals surface area contributed by atoms with Gasteiger partial charge >= 0.3 is 0 Å². The normalized spacial score (nSPS) is 17.1. The quantitative estimate of drug-likeness (QED) is 0.589. The van der Waals surface area contributed by atoms with Gasteiger partial charge in [0, 0.05) is 5.69 Å². The largest absolute Gasteiger partial charge is 0.388 e. The zero-order valence-corrected chi connectivity index (χ0v) is 17.9. The van der Waals surface area contributed by atoms with Gasteiger partial charge in [-0.05, 0) is 62.0 Å². The number of amides is 1. The molecule has 2 atom stereocenters. The number of aliphatic hydroxyl groups excluding tert-OH is 1. The van der Waals surface area contributed by atoms with Crippen LogP contribution < -0.4 is 5.32 Å². The minimum Gasteiger partial charge on any atom is -0.388 e. The molecule has 1 amide bonds. The van der Waals surface area contributed by atoms with Gasteiger partial charge in [0.25, 0.3) is 0 Å². The maximum absolute atomic E-state index is 13.3. The van der Waals surface area contributed by atoms with E-state index in [1.165, 1.54) is 0 Å². The van der Waals surface area contributed by atoms with Gasteiger partial charge < -0.3 is 10.4 Å². The summed E-state index contributed by atoms with van der Waals surface area (Å²) in [5.41, 5.74) is 3.94. The number of carbonyl (C=O) groups is 1. The van der Waals surface area contributed by atoms with Crippen LogP contribution in [0, 0.1) is 12.8 Å². The molecule has 4 nitrogen and oxygen atoms in total. The average Bonchev–Trinajstić information content (AvgIpc) is 2.82. The first-order valence-electron chi connectivity index (χ1n) is 11.0. The molecule has 1 heterocycles. The van der Waals surface area contributed by atoms with Crippen molar-refractivity contribution in [3.8, 4) is 0 Å². The van der Waals surface area contributed by atoms with Crippen LogP contribution in [0.3, 0.4) is 0 Å². The van der Waals surface area contributed by atoms with Gasteiger partial charge in [-0.2, -0.15) is 0 Å². The molecule has 1 aliphatic rings. The van der Waals surface area contributed by atoms with E-state index in [9.17, 15) is 9.90 Å². The number of aryl methyl sites for hydroxylation is 1. The fourth-order valence-electron chi connectivity index (χ4n) is 4.43. The third kappa shape index (κ3) is 5.22. The molecule has 160 valence electrons. The molecule has 0 radical (unpaired) electrons. The highest BCUT2D eigenvalue weighted by molar-refractivity contribution is 5.95. The number of aliphatic hydroxyl groups is 1. The summed E-state index contributed by atoms with van der Waals surface area (Å²) in [4.78, 5) is 15.6. The Morgan fingerprint density at radius 3 is 2.00 bits per heavy atom. The van der Waals surface area contributed by atoms with Gasteiger partial charge in [0.1, 0.15) is 6.04 Å². The first-order valence-corrected chi connectivity index (χ1v) is 11.0. The Labute approximate surface area is 184 Å². The molecule has 2 unspecified atom stereocenters. The number of nitrogens with one attached hydrogen (secondary N) is 1. The van der Waals surface area contributed by atoms with Crippen LogP contribution in [0.1, 0.15) is 41.7 Å². The molecule has 4 rings (SSSR count). The van der Waals surface area contributed by atoms with E-state index in [0.717, 1.165) is 48.3 Å². The van der Waals surface area contributed by atoms with Crippen molar-refractivity contribution in [1.82, 2.24) is 4.90 Å². The number of nitrogens with zero attached hydrogens (tertiary/aromatic N) is 1. The van der Waals surface area contributed by atoms with Crippen molar-refractivity contribution in [2.75, 3.05) is 18.4 Å². The smallest absolute Gasteiger partial charge is 0.246 e. The van der Waals surface area contributed by atoms with Crippen LogP contribution in [0.2, 0.25) is 0 Å². The van der Waals surface area contributed by atoms with Crippen molar-refractivity contribution in [3.63, 3.8) is 0 Å². The average molecular weight is 415 g/mol. The highest BCUT2D eigenvalue weighted by Gasteiger charge is 2.33. The predicted molar refractivity (Wildman–Crippen MR) is 125 cm³/mol. The minimum atomic E-state index is -0.458. The Kier molecular flexibility index (Phi) is 6.80. The lowest BCUT2D eigenvalue weighted by Crippen LogP contribution is -2.43. The van der Waals surface area contributed by atoms with E-state index in [1.54, 1.807) is 0 Å². The van der Waals surface area contributed by atoms with Crippen molar-refractivity contribution < 1.29 is 9.90 Å². The van der Waals surface area contributed by atoms with E-state index in [2.05, 4.69) is 10.2 Å². The zero-order valence-electron chi connectivity index (χ0n) is 17.9. The third-order valence-corrected chi connectivity index (χ3v) is 6.21. The summed E-state index contributed by atoms with van der Waals surface area (Å²) in [5.74, 6) is 0.187. The van der Waals surface area contributed by atoms with Gasteiger partial charge in [0.15, 0.2) is 0 Å². The second kappa shape index (κ2) is 9.90. The van der Waals surface area contributed by atoms with E-state index in [-0.39, 0.29) is 17.9 Å². The molecule has 0 aromatic heterocycles. The number of rotatable bonds is 6. The zero-order chi connectivity index (χ0) is 21.6. The summed E-state index contributed by atoms with van der Waals surface area (Å²) >= 11 is 0. The Hall–Kier alpha value is -2.95. The summed E-state index contributed by atoms with van der Waals surface area (Å²) in [6.07, 6.45) is 1.26. The van der Waals surface area contributed by atoms with Crippen LogP contribution in [-0.2, 0) is 4.79 Å². The number of hydrogen-bond donors (Lipinski definition) is 2. The van der Waals surface area contributed by atoms with E-state index in [4.69, 9.17) is 0 Å². The van der Waals surface area contributed by atoms with Crippen LogP contribution in [0.15, 0.2) is 84.9 Å². The van der Waals surface area contributed by atoms with Crippen molar-refractivity contribution in [1.29, 1.82) is 0 Å². The number of anilines is 1. The van der Waals surface area contributed by atoms with Gasteiger partial charge in [-0.1, -0.05) is 78.4 Å². The van der Waals surface area contributed by atoms with Crippen molar-refractivity contribution in [2.45, 2.75) is 31.9 Å². The standard InChI is InChI=1S/C27H30N2O2/c1-20-12-14-24(15-13-20)28-27(31)25(21-8-4-2-5-9-21)29-18-16-23(17-19-29)26(30)22-10-6-3-7-11-22/h2-15,23,25-26,30H,16-19H2,1H3,(H,28,31). The number of piperidine rings is 1. The van der Waals surface area contributed by atoms with Gasteiger partial charge in [-0.3, -0.25) is 9.69 Å². The summed E-state index contributed by atoms with van der Waals surface area (Å²) in [7, 11) is 0. The second-order valence-electron chi connectivity index (χ2n) is 8.40. The Balaban J connectivity index is 1.48. The van der Waals surface area contributed by atoms with E-state index in [0.29, 0.717) is 0 Å². The molecule has 0 saturated carbocycles. The Bertz CT molecular complexity index is 965. The number of likely N-dealkylation sites (tertiary alicyclic amines) is 1. The molecule has 1 fully saturated rings. The van der Waals surface area contributed by atoms with E-state index >= 15 is 0 Å². The monoisotopic (exact) mass is 414 g/mol. The van der Waals surface area contributed by atoms with Gasteiger partial charge in [-0.25, -0.2) is 0 Å². The molecular formula is C27H30N2O2. The maximum atomic E-state index is 13.3.